The van der Waals surface area contributed by atoms with Crippen LogP contribution in [0.3, 0.4) is 0 Å². The van der Waals surface area contributed by atoms with Crippen molar-refractivity contribution in [3.8, 4) is 6.07 Å². The molecule has 3 rings (SSSR count). The quantitative estimate of drug-likeness (QED) is 0.707. The molecule has 0 unspecified atom stereocenters. The maximum absolute atomic E-state index is 12.9. The lowest BCUT2D eigenvalue weighted by molar-refractivity contribution is 0.102. The van der Waals surface area contributed by atoms with Crippen LogP contribution in [0.2, 0.25) is 0 Å². The van der Waals surface area contributed by atoms with Crippen molar-refractivity contribution in [2.75, 3.05) is 12.4 Å². The summed E-state index contributed by atoms with van der Waals surface area (Å²) in [6, 6.07) is 15.5. The first-order valence-corrected chi connectivity index (χ1v) is 12.0. The van der Waals surface area contributed by atoms with Crippen LogP contribution >= 0.6 is 0 Å². The van der Waals surface area contributed by atoms with E-state index in [1.807, 2.05) is 26.0 Å². The molecule has 0 bridgehead atoms. The molecule has 1 aliphatic carbocycles. The number of hydrogen-bond donors (Lipinski definition) is 1. The number of benzene rings is 2. The van der Waals surface area contributed by atoms with Gasteiger partial charge in [-0.3, -0.25) is 4.79 Å². The summed E-state index contributed by atoms with van der Waals surface area (Å²) in [6.45, 7) is 3.67. The Morgan fingerprint density at radius 2 is 1.61 bits per heavy atom. The minimum Gasteiger partial charge on any atom is -0.322 e. The molecule has 1 amide bonds. The number of amides is 1. The molecule has 164 valence electrons. The Balaban J connectivity index is 1.69. The van der Waals surface area contributed by atoms with Gasteiger partial charge >= 0.3 is 0 Å². The average molecular weight is 440 g/mol. The number of anilines is 1. The van der Waals surface area contributed by atoms with Crippen molar-refractivity contribution in [2.45, 2.75) is 62.3 Å². The van der Waals surface area contributed by atoms with E-state index >= 15 is 0 Å². The maximum Gasteiger partial charge on any atom is 0.255 e. The van der Waals surface area contributed by atoms with E-state index in [-0.39, 0.29) is 16.8 Å². The van der Waals surface area contributed by atoms with Gasteiger partial charge in [0, 0.05) is 24.3 Å². The smallest absolute Gasteiger partial charge is 0.255 e. The highest BCUT2D eigenvalue weighted by Crippen LogP contribution is 2.27. The molecule has 0 spiro atoms. The summed E-state index contributed by atoms with van der Waals surface area (Å²) in [5, 5.41) is 12.0. The van der Waals surface area contributed by atoms with E-state index in [1.165, 1.54) is 28.6 Å². The summed E-state index contributed by atoms with van der Waals surface area (Å²) >= 11 is 0. The van der Waals surface area contributed by atoms with Crippen molar-refractivity contribution in [1.29, 1.82) is 5.26 Å². The highest BCUT2D eigenvalue weighted by atomic mass is 32.2. The fraction of sp³-hybridized carbons (Fsp3) is 0.417. The second-order valence-corrected chi connectivity index (χ2v) is 10.6. The molecular formula is C24H29N3O3S. The van der Waals surface area contributed by atoms with E-state index in [0.29, 0.717) is 11.3 Å². The molecule has 2 aromatic rings. The molecule has 0 aliphatic heterocycles. The van der Waals surface area contributed by atoms with Gasteiger partial charge in [0.15, 0.2) is 0 Å². The first-order valence-electron chi connectivity index (χ1n) is 10.6. The van der Waals surface area contributed by atoms with Gasteiger partial charge in [-0.25, -0.2) is 8.42 Å². The molecule has 1 saturated carbocycles. The van der Waals surface area contributed by atoms with Crippen molar-refractivity contribution in [3.05, 3.63) is 59.7 Å². The third-order valence-corrected chi connectivity index (χ3v) is 7.95. The van der Waals surface area contributed by atoms with Crippen LogP contribution in [0, 0.1) is 11.3 Å². The molecule has 0 atom stereocenters. The number of nitrogens with zero attached hydrogens (tertiary/aromatic N) is 2. The van der Waals surface area contributed by atoms with Gasteiger partial charge in [0.05, 0.1) is 16.4 Å². The zero-order valence-corrected chi connectivity index (χ0v) is 19.1. The third kappa shape index (κ3) is 5.15. The van der Waals surface area contributed by atoms with Crippen molar-refractivity contribution < 1.29 is 13.2 Å². The molecule has 0 radical (unpaired) electrons. The van der Waals surface area contributed by atoms with Crippen LogP contribution in [0.4, 0.5) is 5.69 Å². The molecule has 31 heavy (non-hydrogen) atoms. The molecule has 0 aromatic heterocycles. The first-order chi connectivity index (χ1) is 14.6. The van der Waals surface area contributed by atoms with Crippen molar-refractivity contribution in [3.63, 3.8) is 0 Å². The summed E-state index contributed by atoms with van der Waals surface area (Å²) in [7, 11) is -1.94. The van der Waals surface area contributed by atoms with Crippen LogP contribution in [-0.2, 0) is 15.4 Å². The van der Waals surface area contributed by atoms with E-state index in [9.17, 15) is 18.5 Å². The lowest BCUT2D eigenvalue weighted by Gasteiger charge is -2.30. The molecule has 1 aliphatic rings. The zero-order valence-electron chi connectivity index (χ0n) is 18.3. The largest absolute Gasteiger partial charge is 0.322 e. The molecule has 1 fully saturated rings. The number of sulfonamides is 1. The Morgan fingerprint density at radius 3 is 2.16 bits per heavy atom. The fourth-order valence-electron chi connectivity index (χ4n) is 3.82. The summed E-state index contributed by atoms with van der Waals surface area (Å²) in [6.07, 6.45) is 5.05. The van der Waals surface area contributed by atoms with E-state index in [0.717, 1.165) is 37.7 Å². The minimum atomic E-state index is -3.59. The second-order valence-electron chi connectivity index (χ2n) is 8.61. The van der Waals surface area contributed by atoms with Crippen LogP contribution in [0.25, 0.3) is 0 Å². The Hall–Kier alpha value is -2.69. The van der Waals surface area contributed by atoms with Gasteiger partial charge in [0.25, 0.3) is 5.91 Å². The van der Waals surface area contributed by atoms with Gasteiger partial charge in [-0.15, -0.1) is 0 Å². The van der Waals surface area contributed by atoms with Crippen LogP contribution < -0.4 is 5.32 Å². The van der Waals surface area contributed by atoms with Crippen LogP contribution in [-0.4, -0.2) is 31.7 Å². The van der Waals surface area contributed by atoms with E-state index < -0.39 is 15.4 Å². The van der Waals surface area contributed by atoms with Gasteiger partial charge in [-0.1, -0.05) is 31.4 Å². The van der Waals surface area contributed by atoms with Gasteiger partial charge in [0.2, 0.25) is 10.0 Å². The summed E-state index contributed by atoms with van der Waals surface area (Å²) in [5.41, 5.74) is 1.25. The summed E-state index contributed by atoms with van der Waals surface area (Å²) in [4.78, 5) is 12.8. The summed E-state index contributed by atoms with van der Waals surface area (Å²) in [5.74, 6) is -0.322. The van der Waals surface area contributed by atoms with Gasteiger partial charge < -0.3 is 5.32 Å². The number of carbonyl (C=O) groups is 1. The normalized spacial score (nSPS) is 15.5. The lowest BCUT2D eigenvalue weighted by atomic mass is 9.86. The third-order valence-electron chi connectivity index (χ3n) is 6.03. The molecule has 1 N–H and O–H groups in total. The average Bonchev–Trinajstić information content (AvgIpc) is 2.79. The first kappa shape index (κ1) is 23.0. The number of nitrogens with one attached hydrogen (secondary N) is 1. The molecule has 0 heterocycles. The van der Waals surface area contributed by atoms with Gasteiger partial charge in [-0.05, 0) is 68.7 Å². The highest BCUT2D eigenvalue weighted by molar-refractivity contribution is 7.89. The van der Waals surface area contributed by atoms with Gasteiger partial charge in [0.1, 0.15) is 0 Å². The molecule has 2 aromatic carbocycles. The molecular weight excluding hydrogens is 410 g/mol. The topological polar surface area (TPSA) is 90.3 Å². The fourth-order valence-corrected chi connectivity index (χ4v) is 5.24. The lowest BCUT2D eigenvalue weighted by Crippen LogP contribution is -2.38. The number of carbonyl (C=O) groups excluding carboxylic acids is 1. The standard InChI is InChI=1S/C24H29N3O3S/c1-24(2,17-25)19-11-13-20(14-12-19)26-23(28)18-9-15-22(16-10-18)31(29,30)27(3)21-7-5-4-6-8-21/h9-16,21H,4-8H2,1-3H3,(H,26,28). The Labute approximate surface area is 184 Å². The number of rotatable bonds is 6. The predicted octanol–water partition coefficient (Wildman–Crippen LogP) is 4.69. The molecule has 6 nitrogen and oxygen atoms in total. The van der Waals surface area contributed by atoms with Crippen molar-refractivity contribution >= 4 is 21.6 Å². The zero-order chi connectivity index (χ0) is 22.6. The van der Waals surface area contributed by atoms with E-state index in [2.05, 4.69) is 11.4 Å². The van der Waals surface area contributed by atoms with E-state index in [4.69, 9.17) is 0 Å². The SMILES string of the molecule is CN(C1CCCCC1)S(=O)(=O)c1ccc(C(=O)Nc2ccc(C(C)(C)C#N)cc2)cc1. The highest BCUT2D eigenvalue weighted by Gasteiger charge is 2.29. The number of hydrogen-bond acceptors (Lipinski definition) is 4. The Morgan fingerprint density at radius 1 is 1.03 bits per heavy atom. The summed E-state index contributed by atoms with van der Waals surface area (Å²) < 4.78 is 27.4. The van der Waals surface area contributed by atoms with Crippen LogP contribution in [0.5, 0.6) is 0 Å². The minimum absolute atomic E-state index is 0.0377. The molecule has 0 saturated heterocycles. The van der Waals surface area contributed by atoms with Crippen molar-refractivity contribution in [1.82, 2.24) is 4.31 Å². The van der Waals surface area contributed by atoms with Crippen LogP contribution in [0.1, 0.15) is 61.9 Å². The van der Waals surface area contributed by atoms with E-state index in [1.54, 1.807) is 19.2 Å². The maximum atomic E-state index is 12.9. The Bertz CT molecular complexity index is 1060. The monoisotopic (exact) mass is 439 g/mol. The van der Waals surface area contributed by atoms with Crippen molar-refractivity contribution in [2.24, 2.45) is 0 Å². The van der Waals surface area contributed by atoms with Crippen LogP contribution in [0.15, 0.2) is 53.4 Å². The molecule has 7 heteroatoms. The predicted molar refractivity (Wildman–Crippen MR) is 121 cm³/mol. The number of nitriles is 1. The van der Waals surface area contributed by atoms with Gasteiger partial charge in [-0.2, -0.15) is 9.57 Å². The Kier molecular flexibility index (Phi) is 6.83. The second kappa shape index (κ2) is 9.21.